The van der Waals surface area contributed by atoms with Crippen molar-refractivity contribution in [1.29, 1.82) is 0 Å². The van der Waals surface area contributed by atoms with E-state index < -0.39 is 0 Å². The van der Waals surface area contributed by atoms with Gasteiger partial charge in [0, 0.05) is 12.5 Å². The first kappa shape index (κ1) is 14.8. The van der Waals surface area contributed by atoms with Gasteiger partial charge in [0.1, 0.15) is 5.75 Å². The van der Waals surface area contributed by atoms with Crippen LogP contribution in [0.4, 0.5) is 0 Å². The van der Waals surface area contributed by atoms with Crippen LogP contribution in [-0.2, 0) is 0 Å². The highest BCUT2D eigenvalue weighted by Gasteiger charge is 2.26. The third-order valence-electron chi connectivity index (χ3n) is 3.45. The summed E-state index contributed by atoms with van der Waals surface area (Å²) < 4.78 is 5.35. The van der Waals surface area contributed by atoms with E-state index in [1.165, 1.54) is 12.0 Å². The Labute approximate surface area is 115 Å². The Kier molecular flexibility index (Phi) is 5.97. The molecule has 98 valence electrons. The van der Waals surface area contributed by atoms with Crippen LogP contribution in [-0.4, -0.2) is 19.8 Å². The second-order valence-corrected chi connectivity index (χ2v) is 4.44. The van der Waals surface area contributed by atoms with Gasteiger partial charge in [0.25, 0.3) is 0 Å². The SMILES string of the molecule is Cl.[C-]#[N+]COc1cccc(C2CNC[C@@H]2CC)c1. The molecular weight excluding hydrogens is 248 g/mol. The third kappa shape index (κ3) is 3.38. The minimum absolute atomic E-state index is 0. The second-order valence-electron chi connectivity index (χ2n) is 4.44. The molecule has 0 aliphatic carbocycles. The van der Waals surface area contributed by atoms with E-state index in [0.717, 1.165) is 18.8 Å². The number of hydrogen-bond acceptors (Lipinski definition) is 2. The van der Waals surface area contributed by atoms with Crippen LogP contribution in [0.15, 0.2) is 24.3 Å². The largest absolute Gasteiger partial charge is 0.426 e. The lowest BCUT2D eigenvalue weighted by molar-refractivity contribution is 0.360. The Morgan fingerprint density at radius 3 is 3.00 bits per heavy atom. The first-order chi connectivity index (χ1) is 8.35. The zero-order chi connectivity index (χ0) is 12.1. The molecule has 0 amide bonds. The lowest BCUT2D eigenvalue weighted by Crippen LogP contribution is -2.09. The first-order valence-electron chi connectivity index (χ1n) is 6.11. The van der Waals surface area contributed by atoms with Crippen molar-refractivity contribution in [2.24, 2.45) is 5.92 Å². The summed E-state index contributed by atoms with van der Waals surface area (Å²) in [5.74, 6) is 2.10. The van der Waals surface area contributed by atoms with Crippen molar-refractivity contribution in [3.8, 4) is 5.75 Å². The zero-order valence-electron chi connectivity index (χ0n) is 10.6. The minimum atomic E-state index is 0. The molecule has 2 rings (SSSR count). The monoisotopic (exact) mass is 266 g/mol. The van der Waals surface area contributed by atoms with E-state index >= 15 is 0 Å². The fourth-order valence-electron chi connectivity index (χ4n) is 2.49. The number of rotatable bonds is 4. The van der Waals surface area contributed by atoms with Gasteiger partial charge < -0.3 is 10.1 Å². The van der Waals surface area contributed by atoms with Gasteiger partial charge in [-0.3, -0.25) is 4.85 Å². The molecule has 1 saturated heterocycles. The minimum Gasteiger partial charge on any atom is -0.426 e. The van der Waals surface area contributed by atoms with Crippen LogP contribution in [0, 0.1) is 12.5 Å². The van der Waals surface area contributed by atoms with Gasteiger partial charge in [-0.2, -0.15) is 0 Å². The van der Waals surface area contributed by atoms with E-state index in [1.807, 2.05) is 12.1 Å². The maximum Gasteiger partial charge on any atom is 0.357 e. The molecule has 1 aromatic carbocycles. The maximum absolute atomic E-state index is 6.72. The molecular formula is C14H19ClN2O. The van der Waals surface area contributed by atoms with Crippen molar-refractivity contribution in [3.05, 3.63) is 41.2 Å². The predicted molar refractivity (Wildman–Crippen MR) is 75.2 cm³/mol. The molecule has 1 aliphatic rings. The van der Waals surface area contributed by atoms with Crippen LogP contribution in [0.1, 0.15) is 24.8 Å². The molecule has 0 radical (unpaired) electrons. The average Bonchev–Trinajstić information content (AvgIpc) is 2.85. The Hall–Kier alpha value is -1.24. The smallest absolute Gasteiger partial charge is 0.357 e. The number of nitrogens with one attached hydrogen (secondary N) is 1. The third-order valence-corrected chi connectivity index (χ3v) is 3.45. The molecule has 0 aromatic heterocycles. The summed E-state index contributed by atoms with van der Waals surface area (Å²) in [7, 11) is 0. The van der Waals surface area contributed by atoms with Crippen molar-refractivity contribution >= 4 is 12.4 Å². The molecule has 0 spiro atoms. The second kappa shape index (κ2) is 7.25. The molecule has 1 aromatic rings. The summed E-state index contributed by atoms with van der Waals surface area (Å²) in [6, 6.07) is 8.16. The molecule has 2 atom stereocenters. The van der Waals surface area contributed by atoms with Gasteiger partial charge >= 0.3 is 6.73 Å². The number of nitrogens with zero attached hydrogens (tertiary/aromatic N) is 1. The molecule has 0 saturated carbocycles. The van der Waals surface area contributed by atoms with Crippen LogP contribution in [0.25, 0.3) is 4.85 Å². The fraction of sp³-hybridized carbons (Fsp3) is 0.500. The number of hydrogen-bond donors (Lipinski definition) is 1. The predicted octanol–water partition coefficient (Wildman–Crippen LogP) is 3.08. The molecule has 18 heavy (non-hydrogen) atoms. The molecule has 3 nitrogen and oxygen atoms in total. The van der Waals surface area contributed by atoms with Crippen molar-refractivity contribution in [2.45, 2.75) is 19.3 Å². The number of benzene rings is 1. The van der Waals surface area contributed by atoms with Crippen LogP contribution in [0.2, 0.25) is 0 Å². The van der Waals surface area contributed by atoms with Gasteiger partial charge in [0.05, 0.1) is 0 Å². The Morgan fingerprint density at radius 1 is 1.44 bits per heavy atom. The standard InChI is InChI=1S/C14H18N2O.ClH/c1-3-11-8-16-9-14(11)12-5-4-6-13(7-12)17-10-15-2;/h4-7,11,14,16H,3,8-10H2,1H3;1H/t11-,14?;/m0./s1. The fourth-order valence-corrected chi connectivity index (χ4v) is 2.49. The topological polar surface area (TPSA) is 25.6 Å². The number of halogens is 1. The van der Waals surface area contributed by atoms with E-state index in [0.29, 0.717) is 11.8 Å². The molecule has 1 heterocycles. The molecule has 4 heteroatoms. The lowest BCUT2D eigenvalue weighted by atomic mass is 9.87. The van der Waals surface area contributed by atoms with E-state index in [2.05, 4.69) is 29.2 Å². The Bertz CT molecular complexity index is 417. The molecule has 0 bridgehead atoms. The van der Waals surface area contributed by atoms with Gasteiger partial charge in [0.15, 0.2) is 0 Å². The average molecular weight is 267 g/mol. The Balaban J connectivity index is 0.00000162. The summed E-state index contributed by atoms with van der Waals surface area (Å²) >= 11 is 0. The summed E-state index contributed by atoms with van der Waals surface area (Å²) in [5.41, 5.74) is 1.32. The van der Waals surface area contributed by atoms with Gasteiger partial charge in [0.2, 0.25) is 0 Å². The molecule has 1 aliphatic heterocycles. The highest BCUT2D eigenvalue weighted by atomic mass is 35.5. The summed E-state index contributed by atoms with van der Waals surface area (Å²) in [6.45, 7) is 11.2. The zero-order valence-corrected chi connectivity index (χ0v) is 11.4. The van der Waals surface area contributed by atoms with Gasteiger partial charge in [-0.15, -0.1) is 12.4 Å². The first-order valence-corrected chi connectivity index (χ1v) is 6.11. The van der Waals surface area contributed by atoms with E-state index in [4.69, 9.17) is 11.3 Å². The number of ether oxygens (including phenoxy) is 1. The van der Waals surface area contributed by atoms with E-state index in [-0.39, 0.29) is 19.1 Å². The lowest BCUT2D eigenvalue weighted by Gasteiger charge is -2.17. The van der Waals surface area contributed by atoms with Crippen LogP contribution < -0.4 is 10.1 Å². The Morgan fingerprint density at radius 2 is 2.28 bits per heavy atom. The summed E-state index contributed by atoms with van der Waals surface area (Å²) in [5, 5.41) is 3.45. The highest BCUT2D eigenvalue weighted by molar-refractivity contribution is 5.85. The normalized spacial score (nSPS) is 22.0. The van der Waals surface area contributed by atoms with Crippen LogP contribution in [0.5, 0.6) is 5.75 Å². The molecule has 1 fully saturated rings. The van der Waals surface area contributed by atoms with Crippen LogP contribution >= 0.6 is 12.4 Å². The molecule has 1 N–H and O–H groups in total. The van der Waals surface area contributed by atoms with Crippen molar-refractivity contribution in [1.82, 2.24) is 5.32 Å². The quantitative estimate of drug-likeness (QED) is 0.848. The maximum atomic E-state index is 6.72. The van der Waals surface area contributed by atoms with Crippen molar-refractivity contribution in [3.63, 3.8) is 0 Å². The van der Waals surface area contributed by atoms with Gasteiger partial charge in [-0.05, 0) is 30.2 Å². The van der Waals surface area contributed by atoms with E-state index in [1.54, 1.807) is 0 Å². The van der Waals surface area contributed by atoms with Crippen molar-refractivity contribution in [2.75, 3.05) is 19.8 Å². The van der Waals surface area contributed by atoms with Crippen molar-refractivity contribution < 1.29 is 4.74 Å². The van der Waals surface area contributed by atoms with Gasteiger partial charge in [-0.1, -0.05) is 25.5 Å². The summed E-state index contributed by atoms with van der Waals surface area (Å²) in [6.07, 6.45) is 1.20. The highest BCUT2D eigenvalue weighted by Crippen LogP contribution is 2.31. The van der Waals surface area contributed by atoms with E-state index in [9.17, 15) is 0 Å². The van der Waals surface area contributed by atoms with Gasteiger partial charge in [-0.25, -0.2) is 6.57 Å². The summed E-state index contributed by atoms with van der Waals surface area (Å²) in [4.78, 5) is 3.20. The van der Waals surface area contributed by atoms with Crippen LogP contribution in [0.3, 0.4) is 0 Å². The molecule has 1 unspecified atom stereocenters.